The number of ether oxygens (including phenoxy) is 3. The molecule has 1 heterocycles. The van der Waals surface area contributed by atoms with E-state index in [2.05, 4.69) is 34.6 Å². The van der Waals surface area contributed by atoms with Crippen LogP contribution in [0.15, 0.2) is 27.7 Å². The fraction of sp³-hybridized carbons (Fsp3) is 0.565. The van der Waals surface area contributed by atoms with Gasteiger partial charge in [0, 0.05) is 18.5 Å². The Morgan fingerprint density at radius 2 is 1.69 bits per heavy atom. The Hall–Kier alpha value is -2.17. The first-order valence-corrected chi connectivity index (χ1v) is 10.9. The molecule has 0 spiro atoms. The molecule has 0 unspecified atom stereocenters. The quantitative estimate of drug-likeness (QED) is 0.218. The van der Waals surface area contributed by atoms with Gasteiger partial charge in [0.05, 0.1) is 39.6 Å². The monoisotopic (exact) mass is 560 g/mol. The first-order valence-electron chi connectivity index (χ1n) is 10.9. The summed E-state index contributed by atoms with van der Waals surface area (Å²) in [4.78, 5) is 4.68. The number of aromatic nitrogens is 1. The van der Waals surface area contributed by atoms with Gasteiger partial charge in [-0.05, 0) is 44.4 Å². The average Bonchev–Trinajstić information content (AvgIpc) is 3.25. The first kappa shape index (κ1) is 27.9. The molecule has 0 saturated heterocycles. The molecule has 2 aromatic rings. The normalized spacial score (nSPS) is 11.2. The standard InChI is InChI=1S/C23H36N4O4.HI/c1-7-17(8-2)19-13-18(31-27-19)15-26-23(24-9-3)25-14-16-11-20(28-5)22(30-10-4)21(12-16)29-6;/h11-13,17H,7-10,14-15H2,1-6H3,(H2,24,25,26);1H. The molecule has 180 valence electrons. The second kappa shape index (κ2) is 14.8. The molecular formula is C23H37IN4O4. The molecule has 0 atom stereocenters. The number of guanidine groups is 1. The third-order valence-corrected chi connectivity index (χ3v) is 4.98. The van der Waals surface area contributed by atoms with E-state index < -0.39 is 0 Å². The smallest absolute Gasteiger partial charge is 0.203 e. The molecule has 2 rings (SSSR count). The molecule has 2 N–H and O–H groups in total. The zero-order chi connectivity index (χ0) is 22.6. The number of methoxy groups -OCH3 is 2. The van der Waals surface area contributed by atoms with Gasteiger partial charge >= 0.3 is 0 Å². The van der Waals surface area contributed by atoms with Crippen LogP contribution in [0.3, 0.4) is 0 Å². The highest BCUT2D eigenvalue weighted by atomic mass is 127. The summed E-state index contributed by atoms with van der Waals surface area (Å²) in [6.07, 6.45) is 2.10. The van der Waals surface area contributed by atoms with E-state index in [1.54, 1.807) is 14.2 Å². The lowest BCUT2D eigenvalue weighted by atomic mass is 9.99. The van der Waals surface area contributed by atoms with Crippen LogP contribution in [0.5, 0.6) is 17.2 Å². The van der Waals surface area contributed by atoms with Crippen LogP contribution in [0.25, 0.3) is 0 Å². The SMILES string of the molecule is CCNC(=NCc1cc(OC)c(OCC)c(OC)c1)NCc1cc(C(CC)CC)no1.I. The predicted octanol–water partition coefficient (Wildman–Crippen LogP) is 4.87. The Labute approximate surface area is 208 Å². The van der Waals surface area contributed by atoms with E-state index in [0.717, 1.165) is 36.4 Å². The van der Waals surface area contributed by atoms with Crippen molar-refractivity contribution in [1.29, 1.82) is 0 Å². The lowest BCUT2D eigenvalue weighted by Crippen LogP contribution is -2.36. The summed E-state index contributed by atoms with van der Waals surface area (Å²) in [5.74, 6) is 3.76. The second-order valence-corrected chi connectivity index (χ2v) is 7.04. The summed E-state index contributed by atoms with van der Waals surface area (Å²) in [7, 11) is 3.23. The Morgan fingerprint density at radius 3 is 2.22 bits per heavy atom. The minimum atomic E-state index is 0. The van der Waals surface area contributed by atoms with Crippen LogP contribution in [-0.4, -0.2) is 38.5 Å². The number of aliphatic imine (C=N–C) groups is 1. The molecule has 9 heteroatoms. The topological polar surface area (TPSA) is 90.1 Å². The van der Waals surface area contributed by atoms with Gasteiger partial charge in [0.25, 0.3) is 0 Å². The highest BCUT2D eigenvalue weighted by Crippen LogP contribution is 2.38. The number of hydrogen-bond acceptors (Lipinski definition) is 6. The van der Waals surface area contributed by atoms with Crippen LogP contribution in [0.4, 0.5) is 0 Å². The Kier molecular flexibility index (Phi) is 12.9. The van der Waals surface area contributed by atoms with Crippen molar-refractivity contribution in [3.05, 3.63) is 35.2 Å². The van der Waals surface area contributed by atoms with Gasteiger partial charge in [-0.1, -0.05) is 19.0 Å². The molecule has 0 aliphatic carbocycles. The molecule has 0 bridgehead atoms. The highest BCUT2D eigenvalue weighted by molar-refractivity contribution is 14.0. The maximum absolute atomic E-state index is 5.66. The molecule has 1 aromatic heterocycles. The summed E-state index contributed by atoms with van der Waals surface area (Å²) in [6.45, 7) is 10.5. The van der Waals surface area contributed by atoms with Gasteiger partial charge in [0.15, 0.2) is 23.2 Å². The summed E-state index contributed by atoms with van der Waals surface area (Å²) >= 11 is 0. The van der Waals surface area contributed by atoms with E-state index in [0.29, 0.717) is 48.8 Å². The third kappa shape index (κ3) is 7.75. The van der Waals surface area contributed by atoms with E-state index in [4.69, 9.17) is 18.7 Å². The molecular weight excluding hydrogens is 523 g/mol. The van der Waals surface area contributed by atoms with E-state index in [-0.39, 0.29) is 24.0 Å². The van der Waals surface area contributed by atoms with Crippen LogP contribution in [-0.2, 0) is 13.1 Å². The van der Waals surface area contributed by atoms with Gasteiger partial charge < -0.3 is 29.4 Å². The van der Waals surface area contributed by atoms with Gasteiger partial charge in [-0.3, -0.25) is 0 Å². The van der Waals surface area contributed by atoms with E-state index in [1.807, 2.05) is 32.0 Å². The average molecular weight is 560 g/mol. The Balaban J connectivity index is 0.00000512. The van der Waals surface area contributed by atoms with Gasteiger partial charge in [-0.25, -0.2) is 4.99 Å². The van der Waals surface area contributed by atoms with Crippen LogP contribution >= 0.6 is 24.0 Å². The Morgan fingerprint density at radius 1 is 1.03 bits per heavy atom. The minimum Gasteiger partial charge on any atom is -0.493 e. The van der Waals surface area contributed by atoms with Gasteiger partial charge in [-0.15, -0.1) is 24.0 Å². The molecule has 0 aliphatic heterocycles. The van der Waals surface area contributed by atoms with Crippen molar-refractivity contribution in [3.63, 3.8) is 0 Å². The second-order valence-electron chi connectivity index (χ2n) is 7.04. The number of rotatable bonds is 12. The summed E-state index contributed by atoms with van der Waals surface area (Å²) < 4.78 is 22.1. The summed E-state index contributed by atoms with van der Waals surface area (Å²) in [5.41, 5.74) is 1.96. The van der Waals surface area contributed by atoms with Crippen LogP contribution in [0.2, 0.25) is 0 Å². The van der Waals surface area contributed by atoms with Crippen LogP contribution in [0.1, 0.15) is 63.5 Å². The fourth-order valence-electron chi connectivity index (χ4n) is 3.31. The molecule has 1 aromatic carbocycles. The van der Waals surface area contributed by atoms with E-state index in [1.165, 1.54) is 0 Å². The van der Waals surface area contributed by atoms with Crippen molar-refractivity contribution >= 4 is 29.9 Å². The van der Waals surface area contributed by atoms with Crippen molar-refractivity contribution in [2.24, 2.45) is 4.99 Å². The molecule has 0 fully saturated rings. The van der Waals surface area contributed by atoms with Crippen molar-refractivity contribution in [2.75, 3.05) is 27.4 Å². The summed E-state index contributed by atoms with van der Waals surface area (Å²) in [5, 5.41) is 10.8. The highest BCUT2D eigenvalue weighted by Gasteiger charge is 2.15. The lowest BCUT2D eigenvalue weighted by Gasteiger charge is -2.15. The number of nitrogens with one attached hydrogen (secondary N) is 2. The minimum absolute atomic E-state index is 0. The van der Waals surface area contributed by atoms with E-state index >= 15 is 0 Å². The maximum atomic E-state index is 5.66. The molecule has 0 radical (unpaired) electrons. The zero-order valence-corrected chi connectivity index (χ0v) is 22.3. The number of benzene rings is 1. The van der Waals surface area contributed by atoms with E-state index in [9.17, 15) is 0 Å². The van der Waals surface area contributed by atoms with Crippen molar-refractivity contribution in [2.45, 2.75) is 59.5 Å². The molecule has 0 saturated carbocycles. The maximum Gasteiger partial charge on any atom is 0.203 e. The largest absolute Gasteiger partial charge is 0.493 e. The van der Waals surface area contributed by atoms with Crippen LogP contribution < -0.4 is 24.8 Å². The molecule has 8 nitrogen and oxygen atoms in total. The molecule has 0 aliphatic rings. The lowest BCUT2D eigenvalue weighted by molar-refractivity contribution is 0.288. The van der Waals surface area contributed by atoms with Gasteiger partial charge in [-0.2, -0.15) is 0 Å². The van der Waals surface area contributed by atoms with Gasteiger partial charge in [0.1, 0.15) is 0 Å². The van der Waals surface area contributed by atoms with Crippen molar-refractivity contribution in [1.82, 2.24) is 15.8 Å². The first-order chi connectivity index (χ1) is 15.1. The fourth-order valence-corrected chi connectivity index (χ4v) is 3.31. The molecule has 32 heavy (non-hydrogen) atoms. The van der Waals surface area contributed by atoms with Crippen molar-refractivity contribution in [3.8, 4) is 17.2 Å². The number of hydrogen-bond donors (Lipinski definition) is 2. The summed E-state index contributed by atoms with van der Waals surface area (Å²) in [6, 6.07) is 5.86. The van der Waals surface area contributed by atoms with Crippen molar-refractivity contribution < 1.29 is 18.7 Å². The molecule has 0 amide bonds. The Bertz CT molecular complexity index is 812. The number of halogens is 1. The predicted molar refractivity (Wildman–Crippen MR) is 138 cm³/mol. The zero-order valence-electron chi connectivity index (χ0n) is 20.0. The van der Waals surface area contributed by atoms with Crippen LogP contribution in [0, 0.1) is 0 Å². The van der Waals surface area contributed by atoms with Gasteiger partial charge in [0.2, 0.25) is 5.75 Å². The number of nitrogens with zero attached hydrogens (tertiary/aromatic N) is 2. The third-order valence-electron chi connectivity index (χ3n) is 4.98.